The van der Waals surface area contributed by atoms with Crippen molar-refractivity contribution in [1.82, 2.24) is 10.6 Å². The van der Waals surface area contributed by atoms with Crippen LogP contribution in [0.25, 0.3) is 0 Å². The Labute approximate surface area is 137 Å². The molecule has 2 rings (SSSR count). The Morgan fingerprint density at radius 2 is 2.13 bits per heavy atom. The van der Waals surface area contributed by atoms with Crippen LogP contribution in [0.3, 0.4) is 0 Å². The van der Waals surface area contributed by atoms with E-state index in [0.717, 1.165) is 42.5 Å². The van der Waals surface area contributed by atoms with Gasteiger partial charge in [0, 0.05) is 25.1 Å². The van der Waals surface area contributed by atoms with Crippen molar-refractivity contribution in [3.05, 3.63) is 53.5 Å². The number of methoxy groups -OCH3 is 1. The minimum atomic E-state index is 0.569. The predicted octanol–water partition coefficient (Wildman–Crippen LogP) is 2.89. The number of hydrogen-bond acceptors (Lipinski definition) is 3. The van der Waals surface area contributed by atoms with E-state index in [9.17, 15) is 0 Å². The molecule has 0 unspecified atom stereocenters. The van der Waals surface area contributed by atoms with Gasteiger partial charge in [-0.3, -0.25) is 0 Å². The molecule has 124 valence electrons. The van der Waals surface area contributed by atoms with Crippen LogP contribution >= 0.6 is 0 Å². The monoisotopic (exact) mass is 315 g/mol. The zero-order valence-electron chi connectivity index (χ0n) is 14.1. The Kier molecular flexibility index (Phi) is 6.54. The highest BCUT2D eigenvalue weighted by molar-refractivity contribution is 5.79. The summed E-state index contributed by atoms with van der Waals surface area (Å²) in [6.45, 7) is 6.26. The van der Waals surface area contributed by atoms with Crippen LogP contribution in [0.4, 0.5) is 0 Å². The number of benzene rings is 1. The van der Waals surface area contributed by atoms with Crippen LogP contribution in [0.5, 0.6) is 5.75 Å². The fourth-order valence-electron chi connectivity index (χ4n) is 2.25. The number of rotatable bonds is 7. The maximum atomic E-state index is 5.43. The van der Waals surface area contributed by atoms with Gasteiger partial charge in [0.1, 0.15) is 11.5 Å². The minimum absolute atomic E-state index is 0.569. The maximum absolute atomic E-state index is 5.43. The molecule has 0 aliphatic carbocycles. The van der Waals surface area contributed by atoms with E-state index >= 15 is 0 Å². The van der Waals surface area contributed by atoms with Gasteiger partial charge >= 0.3 is 0 Å². The Bertz CT molecular complexity index is 621. The summed E-state index contributed by atoms with van der Waals surface area (Å²) < 4.78 is 10.8. The molecular formula is C18H25N3O2. The van der Waals surface area contributed by atoms with E-state index in [0.29, 0.717) is 6.54 Å². The van der Waals surface area contributed by atoms with E-state index in [2.05, 4.69) is 41.6 Å². The van der Waals surface area contributed by atoms with Gasteiger partial charge in [0.2, 0.25) is 0 Å². The molecule has 1 aromatic carbocycles. The second-order valence-electron chi connectivity index (χ2n) is 5.27. The van der Waals surface area contributed by atoms with Crippen molar-refractivity contribution in [2.24, 2.45) is 4.99 Å². The van der Waals surface area contributed by atoms with Crippen molar-refractivity contribution in [3.63, 3.8) is 0 Å². The summed E-state index contributed by atoms with van der Waals surface area (Å²) in [6.07, 6.45) is 2.52. The van der Waals surface area contributed by atoms with Crippen LogP contribution in [0.15, 0.2) is 46.0 Å². The summed E-state index contributed by atoms with van der Waals surface area (Å²) in [6, 6.07) is 10.0. The molecule has 0 amide bonds. The van der Waals surface area contributed by atoms with Crippen LogP contribution in [-0.2, 0) is 13.0 Å². The van der Waals surface area contributed by atoms with Gasteiger partial charge in [0.05, 0.1) is 19.9 Å². The molecule has 5 heteroatoms. The van der Waals surface area contributed by atoms with Crippen LogP contribution < -0.4 is 15.4 Å². The first-order chi connectivity index (χ1) is 11.2. The van der Waals surface area contributed by atoms with Crippen LogP contribution in [0.1, 0.15) is 23.8 Å². The third-order valence-electron chi connectivity index (χ3n) is 3.44. The lowest BCUT2D eigenvalue weighted by Gasteiger charge is -2.12. The third-order valence-corrected chi connectivity index (χ3v) is 3.44. The number of nitrogens with one attached hydrogen (secondary N) is 2. The molecule has 2 aromatic rings. The second-order valence-corrected chi connectivity index (χ2v) is 5.27. The van der Waals surface area contributed by atoms with E-state index in [4.69, 9.17) is 9.15 Å². The largest absolute Gasteiger partial charge is 0.496 e. The van der Waals surface area contributed by atoms with Crippen molar-refractivity contribution < 1.29 is 9.15 Å². The molecule has 1 aromatic heterocycles. The number of hydrogen-bond donors (Lipinski definition) is 2. The lowest BCUT2D eigenvalue weighted by Crippen LogP contribution is -2.38. The molecular weight excluding hydrogens is 290 g/mol. The molecule has 0 bridgehead atoms. The molecule has 1 heterocycles. The molecule has 0 aliphatic rings. The summed E-state index contributed by atoms with van der Waals surface area (Å²) in [4.78, 5) is 4.62. The summed E-state index contributed by atoms with van der Waals surface area (Å²) in [5, 5.41) is 6.57. The van der Waals surface area contributed by atoms with Crippen molar-refractivity contribution >= 4 is 5.96 Å². The third kappa shape index (κ3) is 5.36. The standard InChI is InChI=1S/C18H25N3O2/c1-4-19-18(20-10-9-16-6-5-11-23-16)21-13-15-8-7-14(2)12-17(15)22-3/h5-8,11-12H,4,9-10,13H2,1-3H3,(H2,19,20,21). The Morgan fingerprint density at radius 3 is 2.83 bits per heavy atom. The molecule has 0 radical (unpaired) electrons. The van der Waals surface area contributed by atoms with Gasteiger partial charge in [-0.25, -0.2) is 4.99 Å². The Hall–Kier alpha value is -2.43. The fraction of sp³-hybridized carbons (Fsp3) is 0.389. The number of aryl methyl sites for hydroxylation is 1. The second kappa shape index (κ2) is 8.88. The quantitative estimate of drug-likeness (QED) is 0.609. The maximum Gasteiger partial charge on any atom is 0.191 e. The fourth-order valence-corrected chi connectivity index (χ4v) is 2.25. The first-order valence-electron chi connectivity index (χ1n) is 7.91. The number of guanidine groups is 1. The normalized spacial score (nSPS) is 11.3. The summed E-state index contributed by atoms with van der Waals surface area (Å²) >= 11 is 0. The lowest BCUT2D eigenvalue weighted by molar-refractivity contribution is 0.409. The van der Waals surface area contributed by atoms with E-state index in [1.807, 2.05) is 18.2 Å². The number of nitrogens with zero attached hydrogens (tertiary/aromatic N) is 1. The molecule has 0 saturated carbocycles. The van der Waals surface area contributed by atoms with E-state index in [1.165, 1.54) is 5.56 Å². The van der Waals surface area contributed by atoms with Crippen molar-refractivity contribution in [3.8, 4) is 5.75 Å². The van der Waals surface area contributed by atoms with Crippen molar-refractivity contribution in [2.75, 3.05) is 20.2 Å². The highest BCUT2D eigenvalue weighted by Crippen LogP contribution is 2.20. The molecule has 0 saturated heterocycles. The first kappa shape index (κ1) is 16.9. The van der Waals surface area contributed by atoms with Gasteiger partial charge in [0.25, 0.3) is 0 Å². The van der Waals surface area contributed by atoms with Crippen LogP contribution in [-0.4, -0.2) is 26.2 Å². The van der Waals surface area contributed by atoms with Gasteiger partial charge in [-0.1, -0.05) is 12.1 Å². The molecule has 0 fully saturated rings. The smallest absolute Gasteiger partial charge is 0.191 e. The molecule has 23 heavy (non-hydrogen) atoms. The zero-order valence-corrected chi connectivity index (χ0v) is 14.1. The van der Waals surface area contributed by atoms with E-state index in [-0.39, 0.29) is 0 Å². The van der Waals surface area contributed by atoms with Gasteiger partial charge in [-0.05, 0) is 37.6 Å². The predicted molar refractivity (Wildman–Crippen MR) is 93.0 cm³/mol. The molecule has 0 aliphatic heterocycles. The number of aliphatic imine (C=N–C) groups is 1. The molecule has 0 spiro atoms. The number of ether oxygens (including phenoxy) is 1. The van der Waals surface area contributed by atoms with Gasteiger partial charge in [-0.2, -0.15) is 0 Å². The molecule has 0 atom stereocenters. The Morgan fingerprint density at radius 1 is 1.26 bits per heavy atom. The lowest BCUT2D eigenvalue weighted by atomic mass is 10.1. The van der Waals surface area contributed by atoms with Gasteiger partial charge < -0.3 is 19.8 Å². The van der Waals surface area contributed by atoms with E-state index in [1.54, 1.807) is 13.4 Å². The topological polar surface area (TPSA) is 58.8 Å². The van der Waals surface area contributed by atoms with Crippen molar-refractivity contribution in [2.45, 2.75) is 26.8 Å². The van der Waals surface area contributed by atoms with Crippen LogP contribution in [0.2, 0.25) is 0 Å². The van der Waals surface area contributed by atoms with Crippen molar-refractivity contribution in [1.29, 1.82) is 0 Å². The first-order valence-corrected chi connectivity index (χ1v) is 7.91. The Balaban J connectivity index is 1.95. The average Bonchev–Trinajstić information content (AvgIpc) is 3.06. The van der Waals surface area contributed by atoms with Gasteiger partial charge in [-0.15, -0.1) is 0 Å². The molecule has 5 nitrogen and oxygen atoms in total. The summed E-state index contributed by atoms with van der Waals surface area (Å²) in [5.41, 5.74) is 2.25. The minimum Gasteiger partial charge on any atom is -0.496 e. The molecule has 2 N–H and O–H groups in total. The average molecular weight is 315 g/mol. The zero-order chi connectivity index (χ0) is 16.5. The summed E-state index contributed by atoms with van der Waals surface area (Å²) in [5.74, 6) is 2.63. The number of furan rings is 1. The SMILES string of the molecule is CCNC(=NCc1ccc(C)cc1OC)NCCc1ccco1. The highest BCUT2D eigenvalue weighted by Gasteiger charge is 2.04. The van der Waals surface area contributed by atoms with Gasteiger partial charge in [0.15, 0.2) is 5.96 Å². The van der Waals surface area contributed by atoms with Crippen LogP contribution in [0, 0.1) is 6.92 Å². The highest BCUT2D eigenvalue weighted by atomic mass is 16.5. The van der Waals surface area contributed by atoms with E-state index < -0.39 is 0 Å². The summed E-state index contributed by atoms with van der Waals surface area (Å²) in [7, 11) is 1.69.